The zero-order valence-corrected chi connectivity index (χ0v) is 14.1. The first-order valence-corrected chi connectivity index (χ1v) is 8.82. The minimum atomic E-state index is 0.0597. The highest BCUT2D eigenvalue weighted by molar-refractivity contribution is 5.38. The van der Waals surface area contributed by atoms with E-state index in [0.29, 0.717) is 5.92 Å². The van der Waals surface area contributed by atoms with Crippen molar-refractivity contribution in [3.8, 4) is 0 Å². The number of rotatable bonds is 3. The molecule has 0 bridgehead atoms. The van der Waals surface area contributed by atoms with Gasteiger partial charge in [-0.15, -0.1) is 0 Å². The Labute approximate surface area is 141 Å². The molecule has 24 heavy (non-hydrogen) atoms. The number of anilines is 1. The molecule has 0 saturated carbocycles. The Kier molecular flexibility index (Phi) is 4.04. The molecule has 0 atom stereocenters. The van der Waals surface area contributed by atoms with Gasteiger partial charge in [-0.25, -0.2) is 14.6 Å². The molecule has 0 amide bonds. The summed E-state index contributed by atoms with van der Waals surface area (Å²) in [7, 11) is 0. The van der Waals surface area contributed by atoms with Crippen LogP contribution in [0.1, 0.15) is 36.2 Å². The first-order valence-electron chi connectivity index (χ1n) is 8.82. The van der Waals surface area contributed by atoms with Crippen LogP contribution in [0.3, 0.4) is 0 Å². The van der Waals surface area contributed by atoms with Crippen molar-refractivity contribution in [2.45, 2.75) is 45.6 Å². The van der Waals surface area contributed by atoms with Gasteiger partial charge < -0.3 is 4.90 Å². The van der Waals surface area contributed by atoms with Crippen molar-refractivity contribution < 1.29 is 0 Å². The predicted molar refractivity (Wildman–Crippen MR) is 92.2 cm³/mol. The van der Waals surface area contributed by atoms with E-state index in [2.05, 4.69) is 20.0 Å². The van der Waals surface area contributed by atoms with Crippen LogP contribution in [0, 0.1) is 12.8 Å². The molecule has 0 N–H and O–H groups in total. The first-order chi connectivity index (χ1) is 11.7. The summed E-state index contributed by atoms with van der Waals surface area (Å²) in [6.07, 6.45) is 6.91. The molecular formula is C18H23N5O. The predicted octanol–water partition coefficient (Wildman–Crippen LogP) is 1.75. The molecule has 1 fully saturated rings. The molecule has 6 nitrogen and oxygen atoms in total. The van der Waals surface area contributed by atoms with Gasteiger partial charge in [-0.05, 0) is 50.5 Å². The average Bonchev–Trinajstić information content (AvgIpc) is 3.03. The minimum Gasteiger partial charge on any atom is -0.356 e. The Morgan fingerprint density at radius 3 is 2.79 bits per heavy atom. The summed E-state index contributed by atoms with van der Waals surface area (Å²) < 4.78 is 1.69. The highest BCUT2D eigenvalue weighted by atomic mass is 16.1. The molecule has 2 aromatic heterocycles. The molecule has 1 aliphatic heterocycles. The van der Waals surface area contributed by atoms with Crippen LogP contribution >= 0.6 is 0 Å². The Balaban J connectivity index is 1.41. The van der Waals surface area contributed by atoms with Crippen molar-refractivity contribution in [2.75, 3.05) is 18.0 Å². The molecule has 1 saturated heterocycles. The van der Waals surface area contributed by atoms with Gasteiger partial charge in [0, 0.05) is 37.5 Å². The smallest absolute Gasteiger partial charge is 0.267 e. The van der Waals surface area contributed by atoms with Gasteiger partial charge in [0.25, 0.3) is 5.56 Å². The normalized spacial score (nSPS) is 18.0. The van der Waals surface area contributed by atoms with Crippen LogP contribution in [0.5, 0.6) is 0 Å². The molecule has 126 valence electrons. The van der Waals surface area contributed by atoms with Crippen molar-refractivity contribution in [2.24, 2.45) is 5.92 Å². The van der Waals surface area contributed by atoms with E-state index in [4.69, 9.17) is 0 Å². The summed E-state index contributed by atoms with van der Waals surface area (Å²) >= 11 is 0. The molecule has 2 aliphatic rings. The second-order valence-electron chi connectivity index (χ2n) is 6.94. The van der Waals surface area contributed by atoms with Crippen molar-refractivity contribution in [1.82, 2.24) is 19.7 Å². The standard InChI is InChI=1S/C18H23N5O/c1-13-9-17(20-12-19-13)22-7-5-14(6-8-22)11-23-18(24)10-15-3-2-4-16(15)21-23/h9-10,12,14H,2-8,11H2,1H3. The lowest BCUT2D eigenvalue weighted by Crippen LogP contribution is -2.37. The molecule has 6 heteroatoms. The number of hydrogen-bond donors (Lipinski definition) is 0. The molecule has 1 aliphatic carbocycles. The molecule has 0 aromatic carbocycles. The minimum absolute atomic E-state index is 0.0597. The van der Waals surface area contributed by atoms with E-state index in [1.54, 1.807) is 17.1 Å². The van der Waals surface area contributed by atoms with Gasteiger partial charge in [-0.2, -0.15) is 5.10 Å². The second-order valence-corrected chi connectivity index (χ2v) is 6.94. The summed E-state index contributed by atoms with van der Waals surface area (Å²) in [5, 5.41) is 4.61. The fourth-order valence-corrected chi connectivity index (χ4v) is 3.77. The summed E-state index contributed by atoms with van der Waals surface area (Å²) in [5.41, 5.74) is 3.34. The van der Waals surface area contributed by atoms with E-state index in [1.165, 1.54) is 0 Å². The number of piperidine rings is 1. The highest BCUT2D eigenvalue weighted by Crippen LogP contribution is 2.23. The van der Waals surface area contributed by atoms with Crippen LogP contribution in [-0.2, 0) is 19.4 Å². The lowest BCUT2D eigenvalue weighted by Gasteiger charge is -2.32. The number of aryl methyl sites for hydroxylation is 3. The maximum Gasteiger partial charge on any atom is 0.267 e. The van der Waals surface area contributed by atoms with Crippen LogP contribution in [-0.4, -0.2) is 32.8 Å². The van der Waals surface area contributed by atoms with Gasteiger partial charge in [0.05, 0.1) is 5.69 Å². The van der Waals surface area contributed by atoms with Crippen LogP contribution < -0.4 is 10.5 Å². The molecule has 0 spiro atoms. The average molecular weight is 325 g/mol. The quantitative estimate of drug-likeness (QED) is 0.860. The fraction of sp³-hybridized carbons (Fsp3) is 0.556. The zero-order chi connectivity index (χ0) is 16.5. The van der Waals surface area contributed by atoms with Crippen molar-refractivity contribution in [3.63, 3.8) is 0 Å². The number of fused-ring (bicyclic) bond motifs is 1. The molecule has 3 heterocycles. The Morgan fingerprint density at radius 1 is 1.17 bits per heavy atom. The van der Waals surface area contributed by atoms with Gasteiger partial charge >= 0.3 is 0 Å². The lowest BCUT2D eigenvalue weighted by molar-refractivity contribution is 0.333. The van der Waals surface area contributed by atoms with Crippen LogP contribution in [0.15, 0.2) is 23.3 Å². The van der Waals surface area contributed by atoms with Gasteiger partial charge in [-0.1, -0.05) is 0 Å². The zero-order valence-electron chi connectivity index (χ0n) is 14.1. The summed E-state index contributed by atoms with van der Waals surface area (Å²) in [4.78, 5) is 23.1. The monoisotopic (exact) mass is 325 g/mol. The third kappa shape index (κ3) is 3.05. The highest BCUT2D eigenvalue weighted by Gasteiger charge is 2.22. The molecule has 4 rings (SSSR count). The van der Waals surface area contributed by atoms with Crippen molar-refractivity contribution in [3.05, 3.63) is 45.8 Å². The van der Waals surface area contributed by atoms with Gasteiger partial charge in [-0.3, -0.25) is 4.79 Å². The van der Waals surface area contributed by atoms with E-state index >= 15 is 0 Å². The molecule has 0 radical (unpaired) electrons. The van der Waals surface area contributed by atoms with E-state index in [-0.39, 0.29) is 5.56 Å². The van der Waals surface area contributed by atoms with Gasteiger partial charge in [0.2, 0.25) is 0 Å². The van der Waals surface area contributed by atoms with Crippen LogP contribution in [0.25, 0.3) is 0 Å². The first kappa shape index (κ1) is 15.3. The summed E-state index contributed by atoms with van der Waals surface area (Å²) in [6.45, 7) is 4.67. The molecular weight excluding hydrogens is 302 g/mol. The summed E-state index contributed by atoms with van der Waals surface area (Å²) in [6, 6.07) is 3.83. The fourth-order valence-electron chi connectivity index (χ4n) is 3.77. The van der Waals surface area contributed by atoms with E-state index in [9.17, 15) is 4.79 Å². The number of nitrogens with zero attached hydrogens (tertiary/aromatic N) is 5. The topological polar surface area (TPSA) is 63.9 Å². The Morgan fingerprint density at radius 2 is 2.00 bits per heavy atom. The Bertz CT molecular complexity index is 792. The van der Waals surface area contributed by atoms with E-state index in [0.717, 1.165) is 74.5 Å². The largest absolute Gasteiger partial charge is 0.356 e. The van der Waals surface area contributed by atoms with Crippen molar-refractivity contribution >= 4 is 5.82 Å². The lowest BCUT2D eigenvalue weighted by atomic mass is 9.97. The van der Waals surface area contributed by atoms with Crippen LogP contribution in [0.4, 0.5) is 5.82 Å². The number of hydrogen-bond acceptors (Lipinski definition) is 5. The third-order valence-corrected chi connectivity index (χ3v) is 5.18. The second kappa shape index (κ2) is 6.34. The SMILES string of the molecule is Cc1cc(N2CCC(Cn3nc4c(cc3=O)CCC4)CC2)ncn1. The maximum absolute atomic E-state index is 12.2. The molecule has 2 aromatic rings. The molecule has 0 unspecified atom stereocenters. The van der Waals surface area contributed by atoms with E-state index < -0.39 is 0 Å². The third-order valence-electron chi connectivity index (χ3n) is 5.18. The van der Waals surface area contributed by atoms with Crippen molar-refractivity contribution in [1.29, 1.82) is 0 Å². The van der Waals surface area contributed by atoms with Gasteiger partial charge in [0.1, 0.15) is 12.1 Å². The van der Waals surface area contributed by atoms with E-state index in [1.807, 2.05) is 13.0 Å². The Hall–Kier alpha value is -2.24. The van der Waals surface area contributed by atoms with Gasteiger partial charge in [0.15, 0.2) is 0 Å². The summed E-state index contributed by atoms with van der Waals surface area (Å²) in [5.74, 6) is 1.52. The van der Waals surface area contributed by atoms with Crippen LogP contribution in [0.2, 0.25) is 0 Å². The maximum atomic E-state index is 12.2. The number of aromatic nitrogens is 4.